The van der Waals surface area contributed by atoms with Gasteiger partial charge in [-0.25, -0.2) is 8.42 Å². The van der Waals surface area contributed by atoms with E-state index in [9.17, 15) is 13.2 Å². The third-order valence-electron chi connectivity index (χ3n) is 4.39. The molecule has 138 valence electrons. The molecule has 1 heterocycles. The van der Waals surface area contributed by atoms with Crippen molar-refractivity contribution in [3.63, 3.8) is 0 Å². The monoisotopic (exact) mass is 374 g/mol. The minimum Gasteiger partial charge on any atom is -0.493 e. The van der Waals surface area contributed by atoms with Gasteiger partial charge in [0.15, 0.2) is 0 Å². The molecule has 0 bridgehead atoms. The summed E-state index contributed by atoms with van der Waals surface area (Å²) >= 11 is 0. The summed E-state index contributed by atoms with van der Waals surface area (Å²) in [5.41, 5.74) is 1.89. The molecule has 1 aliphatic heterocycles. The van der Waals surface area contributed by atoms with Crippen LogP contribution in [0.25, 0.3) is 0 Å². The number of ether oxygens (including phenoxy) is 1. The highest BCUT2D eigenvalue weighted by molar-refractivity contribution is 7.89. The molecule has 0 fully saturated rings. The third-order valence-corrected chi connectivity index (χ3v) is 6.21. The van der Waals surface area contributed by atoms with Crippen LogP contribution in [0.2, 0.25) is 0 Å². The maximum atomic E-state index is 12.6. The Morgan fingerprint density at radius 2 is 1.88 bits per heavy atom. The summed E-state index contributed by atoms with van der Waals surface area (Å²) in [6.45, 7) is 2.16. The average molecular weight is 374 g/mol. The highest BCUT2D eigenvalue weighted by Crippen LogP contribution is 2.31. The number of amides is 1. The number of fused-ring (bicyclic) bond motifs is 1. The molecule has 0 radical (unpaired) electrons. The molecule has 0 saturated carbocycles. The van der Waals surface area contributed by atoms with Crippen molar-refractivity contribution in [1.29, 1.82) is 0 Å². The van der Waals surface area contributed by atoms with Gasteiger partial charge in [-0.3, -0.25) is 4.79 Å². The van der Waals surface area contributed by atoms with Crippen molar-refractivity contribution < 1.29 is 17.9 Å². The number of benzene rings is 2. The molecule has 0 spiro atoms. The van der Waals surface area contributed by atoms with Crippen LogP contribution in [0, 0.1) is 6.92 Å². The van der Waals surface area contributed by atoms with Crippen molar-refractivity contribution in [2.45, 2.75) is 24.3 Å². The number of nitrogens with zero attached hydrogens (tertiary/aromatic N) is 1. The summed E-state index contributed by atoms with van der Waals surface area (Å²) in [6.07, 6.45) is 0.650. The first-order valence-electron chi connectivity index (χ1n) is 8.42. The highest BCUT2D eigenvalue weighted by atomic mass is 32.2. The Labute approximate surface area is 153 Å². The van der Waals surface area contributed by atoms with E-state index in [2.05, 4.69) is 5.32 Å². The predicted octanol–water partition coefficient (Wildman–Crippen LogP) is 2.26. The van der Waals surface area contributed by atoms with Crippen molar-refractivity contribution in [2.75, 3.05) is 20.2 Å². The molecular weight excluding hydrogens is 352 g/mol. The van der Waals surface area contributed by atoms with E-state index >= 15 is 0 Å². The molecule has 0 saturated heterocycles. The molecule has 1 N–H and O–H groups in total. The molecule has 2 aromatic rings. The van der Waals surface area contributed by atoms with Crippen LogP contribution < -0.4 is 10.1 Å². The van der Waals surface area contributed by atoms with E-state index in [1.54, 1.807) is 24.3 Å². The zero-order chi connectivity index (χ0) is 18.7. The SMILES string of the molecule is Cc1ccc(S(=O)(=O)N(C)CC(=O)N[C@@H]2CCOc3ccccc32)cc1. The molecule has 0 aromatic heterocycles. The van der Waals surface area contributed by atoms with Gasteiger partial charge in [-0.1, -0.05) is 35.9 Å². The molecule has 0 unspecified atom stereocenters. The topological polar surface area (TPSA) is 75.7 Å². The number of aryl methyl sites for hydroxylation is 1. The summed E-state index contributed by atoms with van der Waals surface area (Å²) in [7, 11) is -2.29. The largest absolute Gasteiger partial charge is 0.493 e. The number of carbonyl (C=O) groups excluding carboxylic acids is 1. The fraction of sp³-hybridized carbons (Fsp3) is 0.316. The number of hydrogen-bond donors (Lipinski definition) is 1. The van der Waals surface area contributed by atoms with E-state index < -0.39 is 10.0 Å². The van der Waals surface area contributed by atoms with Gasteiger partial charge >= 0.3 is 0 Å². The number of nitrogens with one attached hydrogen (secondary N) is 1. The van der Waals surface area contributed by atoms with Crippen molar-refractivity contribution in [2.24, 2.45) is 0 Å². The number of rotatable bonds is 5. The van der Waals surface area contributed by atoms with Crippen LogP contribution in [0.4, 0.5) is 0 Å². The first kappa shape index (κ1) is 18.4. The number of para-hydroxylation sites is 1. The third kappa shape index (κ3) is 3.89. The van der Waals surface area contributed by atoms with Crippen LogP contribution in [0.3, 0.4) is 0 Å². The lowest BCUT2D eigenvalue weighted by atomic mass is 10.0. The molecule has 26 heavy (non-hydrogen) atoms. The zero-order valence-corrected chi connectivity index (χ0v) is 15.6. The van der Waals surface area contributed by atoms with Crippen LogP contribution in [0.1, 0.15) is 23.6 Å². The molecule has 1 aliphatic rings. The van der Waals surface area contributed by atoms with E-state index in [0.29, 0.717) is 13.0 Å². The van der Waals surface area contributed by atoms with E-state index in [1.165, 1.54) is 7.05 Å². The van der Waals surface area contributed by atoms with Crippen molar-refractivity contribution >= 4 is 15.9 Å². The van der Waals surface area contributed by atoms with Gasteiger partial charge in [0, 0.05) is 19.0 Å². The zero-order valence-electron chi connectivity index (χ0n) is 14.8. The van der Waals surface area contributed by atoms with Gasteiger partial charge in [0.05, 0.1) is 24.1 Å². The van der Waals surface area contributed by atoms with Crippen molar-refractivity contribution in [1.82, 2.24) is 9.62 Å². The smallest absolute Gasteiger partial charge is 0.243 e. The minimum atomic E-state index is -3.70. The maximum Gasteiger partial charge on any atom is 0.243 e. The summed E-state index contributed by atoms with van der Waals surface area (Å²) in [6, 6.07) is 13.9. The van der Waals surface area contributed by atoms with Gasteiger partial charge in [-0.2, -0.15) is 4.31 Å². The van der Waals surface area contributed by atoms with Gasteiger partial charge in [0.2, 0.25) is 15.9 Å². The van der Waals surface area contributed by atoms with Gasteiger partial charge in [-0.05, 0) is 25.1 Å². The van der Waals surface area contributed by atoms with Gasteiger partial charge < -0.3 is 10.1 Å². The quantitative estimate of drug-likeness (QED) is 0.871. The molecule has 3 rings (SSSR count). The highest BCUT2D eigenvalue weighted by Gasteiger charge is 2.26. The first-order chi connectivity index (χ1) is 12.4. The van der Waals surface area contributed by atoms with Gasteiger partial charge in [-0.15, -0.1) is 0 Å². The molecular formula is C19H22N2O4S. The minimum absolute atomic E-state index is 0.176. The molecule has 6 nitrogen and oxygen atoms in total. The number of likely N-dealkylation sites (N-methyl/N-ethyl adjacent to an activating group) is 1. The normalized spacial score (nSPS) is 16.7. The fourth-order valence-electron chi connectivity index (χ4n) is 2.91. The standard InChI is InChI=1S/C19H22N2O4S/c1-14-7-9-15(10-8-14)26(23,24)21(2)13-19(22)20-17-11-12-25-18-6-4-3-5-16(17)18/h3-10,17H,11-13H2,1-2H3,(H,20,22)/t17-/m1/s1. The number of hydrogen-bond acceptors (Lipinski definition) is 4. The Morgan fingerprint density at radius 1 is 1.19 bits per heavy atom. The molecule has 2 aromatic carbocycles. The Bertz CT molecular complexity index is 894. The van der Waals surface area contributed by atoms with Crippen molar-refractivity contribution in [3.8, 4) is 5.75 Å². The lowest BCUT2D eigenvalue weighted by Crippen LogP contribution is -2.40. The number of sulfonamides is 1. The molecule has 0 aliphatic carbocycles. The van der Waals surface area contributed by atoms with Crippen molar-refractivity contribution in [3.05, 3.63) is 59.7 Å². The molecule has 7 heteroatoms. The maximum absolute atomic E-state index is 12.6. The average Bonchev–Trinajstić information content (AvgIpc) is 2.62. The van der Waals surface area contributed by atoms with E-state index in [0.717, 1.165) is 21.2 Å². The summed E-state index contributed by atoms with van der Waals surface area (Å²) in [5, 5.41) is 2.91. The second kappa shape index (κ2) is 7.47. The van der Waals surface area contributed by atoms with Crippen LogP contribution in [0.5, 0.6) is 5.75 Å². The Hall–Kier alpha value is -2.38. The lowest BCUT2D eigenvalue weighted by Gasteiger charge is -2.27. The van der Waals surface area contributed by atoms with Gasteiger partial charge in [0.25, 0.3) is 0 Å². The second-order valence-electron chi connectivity index (χ2n) is 6.37. The summed E-state index contributed by atoms with van der Waals surface area (Å²) in [4.78, 5) is 12.6. The van der Waals surface area contributed by atoms with E-state index in [1.807, 2.05) is 31.2 Å². The lowest BCUT2D eigenvalue weighted by molar-refractivity contribution is -0.122. The summed E-state index contributed by atoms with van der Waals surface area (Å²) < 4.78 is 31.8. The molecule has 1 amide bonds. The van der Waals surface area contributed by atoms with E-state index in [4.69, 9.17) is 4.74 Å². The molecule has 1 atom stereocenters. The van der Waals surface area contributed by atoms with Crippen LogP contribution in [-0.2, 0) is 14.8 Å². The predicted molar refractivity (Wildman–Crippen MR) is 98.4 cm³/mol. The summed E-state index contributed by atoms with van der Waals surface area (Å²) in [5.74, 6) is 0.412. The Kier molecular flexibility index (Phi) is 5.29. The number of carbonyl (C=O) groups is 1. The first-order valence-corrected chi connectivity index (χ1v) is 9.86. The Balaban J connectivity index is 1.67. The van der Waals surface area contributed by atoms with Gasteiger partial charge in [0.1, 0.15) is 5.75 Å². The van der Waals surface area contributed by atoms with Crippen LogP contribution >= 0.6 is 0 Å². The van der Waals surface area contributed by atoms with Crippen LogP contribution in [-0.4, -0.2) is 38.8 Å². The fourth-order valence-corrected chi connectivity index (χ4v) is 4.04. The second-order valence-corrected chi connectivity index (χ2v) is 8.41. The van der Waals surface area contributed by atoms with Crippen LogP contribution in [0.15, 0.2) is 53.4 Å². The van der Waals surface area contributed by atoms with E-state index in [-0.39, 0.29) is 23.4 Å². The Morgan fingerprint density at radius 3 is 2.62 bits per heavy atom.